The van der Waals surface area contributed by atoms with Crippen LogP contribution in [0.15, 0.2) is 45.6 Å². The van der Waals surface area contributed by atoms with Crippen LogP contribution in [0.1, 0.15) is 22.3 Å². The molecule has 4 nitrogen and oxygen atoms in total. The number of rotatable bonds is 5. The van der Waals surface area contributed by atoms with Crippen molar-refractivity contribution in [3.05, 3.63) is 74.9 Å². The fourth-order valence-corrected chi connectivity index (χ4v) is 3.23. The lowest BCUT2D eigenvalue weighted by Gasteiger charge is -2.16. The van der Waals surface area contributed by atoms with Crippen LogP contribution in [0, 0.1) is 19.7 Å². The minimum Gasteiger partial charge on any atom is -0.494 e. The fourth-order valence-electron chi connectivity index (χ4n) is 3.23. The molecular weight excluding hydrogens is 333 g/mol. The van der Waals surface area contributed by atoms with Crippen LogP contribution in [0.25, 0.3) is 11.0 Å². The number of quaternary nitrogens is 1. The molecule has 1 unspecified atom stereocenters. The van der Waals surface area contributed by atoms with E-state index in [9.17, 15) is 9.18 Å². The number of nitrogens with one attached hydrogen (secondary N) is 1. The maximum Gasteiger partial charge on any atom is 0.336 e. The van der Waals surface area contributed by atoms with Crippen LogP contribution in [-0.4, -0.2) is 14.2 Å². The maximum absolute atomic E-state index is 13.9. The highest BCUT2D eigenvalue weighted by molar-refractivity contribution is 5.83. The van der Waals surface area contributed by atoms with Crippen molar-refractivity contribution in [3.63, 3.8) is 0 Å². The van der Waals surface area contributed by atoms with Gasteiger partial charge in [-0.25, -0.2) is 9.18 Å². The van der Waals surface area contributed by atoms with Crippen LogP contribution < -0.4 is 15.3 Å². The van der Waals surface area contributed by atoms with Crippen molar-refractivity contribution in [1.29, 1.82) is 0 Å². The first kappa shape index (κ1) is 18.1. The van der Waals surface area contributed by atoms with Gasteiger partial charge in [0.15, 0.2) is 11.6 Å². The molecule has 136 valence electrons. The molecule has 1 atom stereocenters. The van der Waals surface area contributed by atoms with Crippen molar-refractivity contribution in [2.24, 2.45) is 0 Å². The van der Waals surface area contributed by atoms with Crippen molar-refractivity contribution in [3.8, 4) is 5.75 Å². The first-order valence-corrected chi connectivity index (χ1v) is 8.55. The molecule has 0 spiro atoms. The van der Waals surface area contributed by atoms with Crippen LogP contribution >= 0.6 is 0 Å². The molecule has 0 aliphatic rings. The SMILES string of the molecule is COc1ccc(C[NH+](C)Cc2cc(=O)oc3c(C)c(C)ccc23)cc1F. The molecule has 0 aliphatic carbocycles. The lowest BCUT2D eigenvalue weighted by Crippen LogP contribution is -3.06. The van der Waals surface area contributed by atoms with Gasteiger partial charge in [-0.3, -0.25) is 0 Å². The average molecular weight is 356 g/mol. The topological polar surface area (TPSA) is 43.9 Å². The molecule has 0 aliphatic heterocycles. The third-order valence-corrected chi connectivity index (χ3v) is 4.73. The molecule has 0 radical (unpaired) electrons. The largest absolute Gasteiger partial charge is 0.494 e. The molecule has 0 saturated carbocycles. The second-order valence-electron chi connectivity index (χ2n) is 6.75. The predicted molar refractivity (Wildman–Crippen MR) is 99.2 cm³/mol. The van der Waals surface area contributed by atoms with Crippen LogP contribution in [0.5, 0.6) is 5.75 Å². The predicted octanol–water partition coefficient (Wildman–Crippen LogP) is 2.77. The number of ether oxygens (including phenoxy) is 1. The Labute approximate surface area is 151 Å². The summed E-state index contributed by atoms with van der Waals surface area (Å²) in [5.74, 6) is -0.126. The molecule has 0 bridgehead atoms. The van der Waals surface area contributed by atoms with E-state index in [0.29, 0.717) is 18.7 Å². The first-order valence-electron chi connectivity index (χ1n) is 8.55. The lowest BCUT2D eigenvalue weighted by atomic mass is 10.0. The minimum atomic E-state index is -0.366. The van der Waals surface area contributed by atoms with E-state index in [1.165, 1.54) is 13.2 Å². The van der Waals surface area contributed by atoms with Crippen molar-refractivity contribution in [2.45, 2.75) is 26.9 Å². The summed E-state index contributed by atoms with van der Waals surface area (Å²) >= 11 is 0. The second kappa shape index (κ2) is 7.30. The Morgan fingerprint density at radius 2 is 1.88 bits per heavy atom. The smallest absolute Gasteiger partial charge is 0.336 e. The van der Waals surface area contributed by atoms with Gasteiger partial charge in [0.25, 0.3) is 0 Å². The maximum atomic E-state index is 13.9. The van der Waals surface area contributed by atoms with Crippen molar-refractivity contribution >= 4 is 11.0 Å². The second-order valence-corrected chi connectivity index (χ2v) is 6.75. The van der Waals surface area contributed by atoms with Gasteiger partial charge in [-0.05, 0) is 43.2 Å². The summed E-state index contributed by atoms with van der Waals surface area (Å²) in [4.78, 5) is 13.1. The number of aryl methyl sites for hydroxylation is 2. The molecule has 5 heteroatoms. The Morgan fingerprint density at radius 1 is 1.12 bits per heavy atom. The average Bonchev–Trinajstić information content (AvgIpc) is 2.58. The first-order chi connectivity index (χ1) is 12.4. The molecule has 0 saturated heterocycles. The van der Waals surface area contributed by atoms with E-state index in [1.807, 2.05) is 39.1 Å². The zero-order chi connectivity index (χ0) is 18.8. The van der Waals surface area contributed by atoms with Crippen molar-refractivity contribution in [1.82, 2.24) is 0 Å². The third-order valence-electron chi connectivity index (χ3n) is 4.73. The van der Waals surface area contributed by atoms with Gasteiger partial charge in [0.05, 0.1) is 14.2 Å². The highest BCUT2D eigenvalue weighted by atomic mass is 19.1. The standard InChI is InChI=1S/C21H22FNO3/c1-13-5-7-17-16(10-20(24)26-21(17)14(13)2)12-23(3)11-15-6-8-19(25-4)18(22)9-15/h5-10H,11-12H2,1-4H3/p+1. The van der Waals surface area contributed by atoms with Gasteiger partial charge in [0, 0.05) is 22.6 Å². The quantitative estimate of drug-likeness (QED) is 0.715. The van der Waals surface area contributed by atoms with Gasteiger partial charge in [0.1, 0.15) is 18.7 Å². The molecule has 1 N–H and O–H groups in total. The Hall–Kier alpha value is -2.66. The number of halogens is 1. The number of benzene rings is 2. The van der Waals surface area contributed by atoms with E-state index in [4.69, 9.17) is 9.15 Å². The Balaban J connectivity index is 1.87. The van der Waals surface area contributed by atoms with E-state index < -0.39 is 0 Å². The lowest BCUT2D eigenvalue weighted by molar-refractivity contribution is -0.907. The van der Waals surface area contributed by atoms with Crippen LogP contribution in [0.4, 0.5) is 4.39 Å². The molecule has 0 amide bonds. The summed E-state index contributed by atoms with van der Waals surface area (Å²) in [6, 6.07) is 10.6. The molecule has 1 heterocycles. The van der Waals surface area contributed by atoms with Crippen molar-refractivity contribution < 1.29 is 18.4 Å². The fraction of sp³-hybridized carbons (Fsp3) is 0.286. The number of hydrogen-bond acceptors (Lipinski definition) is 3. The van der Waals surface area contributed by atoms with Crippen LogP contribution in [0.3, 0.4) is 0 Å². The van der Waals surface area contributed by atoms with E-state index in [0.717, 1.165) is 32.5 Å². The summed E-state index contributed by atoms with van der Waals surface area (Å²) < 4.78 is 24.3. The summed E-state index contributed by atoms with van der Waals surface area (Å²) in [7, 11) is 3.47. The molecule has 1 aromatic heterocycles. The summed E-state index contributed by atoms with van der Waals surface area (Å²) in [5, 5.41) is 0.952. The van der Waals surface area contributed by atoms with Crippen molar-refractivity contribution in [2.75, 3.05) is 14.2 Å². The van der Waals surface area contributed by atoms with Gasteiger partial charge in [-0.1, -0.05) is 12.1 Å². The Morgan fingerprint density at radius 3 is 2.58 bits per heavy atom. The Kier molecular flexibility index (Phi) is 5.09. The summed E-state index contributed by atoms with van der Waals surface area (Å²) in [6.07, 6.45) is 0. The molecule has 26 heavy (non-hydrogen) atoms. The minimum absolute atomic E-state index is 0.240. The van der Waals surface area contributed by atoms with E-state index in [2.05, 4.69) is 0 Å². The normalized spacial score (nSPS) is 12.3. The van der Waals surface area contributed by atoms with E-state index >= 15 is 0 Å². The van der Waals surface area contributed by atoms with Gasteiger partial charge in [-0.15, -0.1) is 0 Å². The molecule has 3 aromatic rings. The third kappa shape index (κ3) is 3.63. The number of methoxy groups -OCH3 is 1. The number of hydrogen-bond donors (Lipinski definition) is 1. The highest BCUT2D eigenvalue weighted by Gasteiger charge is 2.14. The van der Waals surface area contributed by atoms with Crippen LogP contribution in [-0.2, 0) is 13.1 Å². The van der Waals surface area contributed by atoms with E-state index in [-0.39, 0.29) is 17.2 Å². The summed E-state index contributed by atoms with van der Waals surface area (Å²) in [5.41, 5.74) is 4.19. The highest BCUT2D eigenvalue weighted by Crippen LogP contribution is 2.23. The number of fused-ring (bicyclic) bond motifs is 1. The molecule has 2 aromatic carbocycles. The summed E-state index contributed by atoms with van der Waals surface area (Å²) in [6.45, 7) is 5.23. The zero-order valence-corrected chi connectivity index (χ0v) is 15.5. The zero-order valence-electron chi connectivity index (χ0n) is 15.5. The monoisotopic (exact) mass is 356 g/mol. The van der Waals surface area contributed by atoms with Gasteiger partial charge < -0.3 is 14.1 Å². The molecular formula is C21H23FNO3+. The van der Waals surface area contributed by atoms with E-state index in [1.54, 1.807) is 12.1 Å². The van der Waals surface area contributed by atoms with Gasteiger partial charge in [-0.2, -0.15) is 0 Å². The molecule has 0 fully saturated rings. The van der Waals surface area contributed by atoms with Gasteiger partial charge in [0.2, 0.25) is 0 Å². The molecule has 3 rings (SSSR count). The van der Waals surface area contributed by atoms with Gasteiger partial charge >= 0.3 is 5.63 Å². The van der Waals surface area contributed by atoms with Crippen LogP contribution in [0.2, 0.25) is 0 Å². The Bertz CT molecular complexity index is 1010.